The minimum atomic E-state index is -0.00313. The Labute approximate surface area is 369 Å². The summed E-state index contributed by atoms with van der Waals surface area (Å²) in [6, 6.07) is 41.3. The van der Waals surface area contributed by atoms with Gasteiger partial charge in [0.25, 0.3) is 6.71 Å². The number of nitrogens with zero attached hydrogens (tertiary/aromatic N) is 2. The number of benzene rings is 6. The van der Waals surface area contributed by atoms with E-state index in [-0.39, 0.29) is 33.8 Å². The second-order valence-electron chi connectivity index (χ2n) is 22.8. The van der Waals surface area contributed by atoms with Crippen LogP contribution in [0, 0.1) is 6.92 Å². The predicted octanol–water partition coefficient (Wildman–Crippen LogP) is 14.4. The smallest absolute Gasteiger partial charge is 0.252 e. The fraction of sp³-hybridized carbons (Fsp3) is 0.368. The molecule has 11 rings (SSSR count). The van der Waals surface area contributed by atoms with E-state index in [1.807, 2.05) is 11.3 Å². The van der Waals surface area contributed by atoms with Crippen molar-refractivity contribution in [3.63, 3.8) is 0 Å². The molecule has 0 saturated carbocycles. The largest absolute Gasteiger partial charge is 0.311 e. The first-order chi connectivity index (χ1) is 28.7. The topological polar surface area (TPSA) is 6.48 Å². The highest BCUT2D eigenvalue weighted by molar-refractivity contribution is 7.26. The second-order valence-corrected chi connectivity index (χ2v) is 23.9. The number of aryl methyl sites for hydroxylation is 1. The standard InChI is InChI=1S/C57H61BN2S/c1-34-28-48-51-49(29-34)60(46-18-15-17-38-37-16-13-14-19-50(37)61-52(38)46)45-23-20-35(53(2,3)4)30-43(45)58(51)44-32-41-42(57(11,12)27-26-56(41,9)10)33-47(44)59(48)36-21-22-39-40(31-36)55(7,8)25-24-54(39,5)6/h13-23,28-33H,24-27H2,1-12H3. The maximum atomic E-state index is 2.70. The van der Waals surface area contributed by atoms with Crippen LogP contribution in [0.2, 0.25) is 0 Å². The van der Waals surface area contributed by atoms with Crippen molar-refractivity contribution in [3.05, 3.63) is 137 Å². The lowest BCUT2D eigenvalue weighted by Crippen LogP contribution is -2.62. The molecule has 1 aromatic heterocycles. The molecule has 3 heterocycles. The van der Waals surface area contributed by atoms with Gasteiger partial charge in [0.1, 0.15) is 0 Å². The molecule has 0 bridgehead atoms. The van der Waals surface area contributed by atoms with Crippen molar-refractivity contribution >= 4 is 88.7 Å². The summed E-state index contributed by atoms with van der Waals surface area (Å²) in [6.45, 7) is 29.3. The number of thiophene rings is 1. The van der Waals surface area contributed by atoms with Gasteiger partial charge in [0.2, 0.25) is 0 Å². The van der Waals surface area contributed by atoms with Crippen LogP contribution in [0.25, 0.3) is 20.2 Å². The summed E-state index contributed by atoms with van der Waals surface area (Å²) in [4.78, 5) is 5.35. The van der Waals surface area contributed by atoms with Crippen molar-refractivity contribution in [2.45, 2.75) is 136 Å². The van der Waals surface area contributed by atoms with Crippen LogP contribution in [0.3, 0.4) is 0 Å². The lowest BCUT2D eigenvalue weighted by atomic mass is 9.33. The van der Waals surface area contributed by atoms with E-state index in [2.05, 4.69) is 196 Å². The van der Waals surface area contributed by atoms with Gasteiger partial charge in [-0.1, -0.05) is 131 Å². The summed E-state index contributed by atoms with van der Waals surface area (Å²) in [5.74, 6) is 0. The number of fused-ring (bicyclic) bond motifs is 9. The van der Waals surface area contributed by atoms with Crippen molar-refractivity contribution in [2.24, 2.45) is 0 Å². The van der Waals surface area contributed by atoms with Gasteiger partial charge in [-0.05, 0) is 158 Å². The number of hydrogen-bond acceptors (Lipinski definition) is 3. The molecular formula is C57H61BN2S. The summed E-state index contributed by atoms with van der Waals surface area (Å²) < 4.78 is 2.68. The molecule has 6 aromatic carbocycles. The molecule has 308 valence electrons. The molecule has 0 saturated heterocycles. The Morgan fingerprint density at radius 3 is 1.79 bits per heavy atom. The molecule has 61 heavy (non-hydrogen) atoms. The number of hydrogen-bond donors (Lipinski definition) is 0. The van der Waals surface area contributed by atoms with Gasteiger partial charge in [0.15, 0.2) is 0 Å². The van der Waals surface area contributed by atoms with Crippen LogP contribution in [0.1, 0.15) is 135 Å². The summed E-state index contributed by atoms with van der Waals surface area (Å²) in [5, 5.41) is 2.67. The van der Waals surface area contributed by atoms with Gasteiger partial charge in [-0.2, -0.15) is 0 Å². The van der Waals surface area contributed by atoms with Crippen LogP contribution in [0.4, 0.5) is 34.1 Å². The summed E-state index contributed by atoms with van der Waals surface area (Å²) in [6.07, 6.45) is 4.78. The Hall–Kier alpha value is -4.80. The Bertz CT molecular complexity index is 3010. The van der Waals surface area contributed by atoms with E-state index in [9.17, 15) is 0 Å². The second kappa shape index (κ2) is 12.7. The van der Waals surface area contributed by atoms with Crippen LogP contribution in [-0.2, 0) is 27.1 Å². The first-order valence-corrected chi connectivity index (χ1v) is 23.7. The molecule has 0 N–H and O–H groups in total. The van der Waals surface area contributed by atoms with Crippen molar-refractivity contribution in [1.82, 2.24) is 0 Å². The monoisotopic (exact) mass is 816 g/mol. The molecule has 2 aliphatic carbocycles. The first-order valence-electron chi connectivity index (χ1n) is 22.9. The quantitative estimate of drug-likeness (QED) is 0.160. The van der Waals surface area contributed by atoms with E-state index in [1.165, 1.54) is 130 Å². The molecule has 4 aliphatic rings. The van der Waals surface area contributed by atoms with Crippen LogP contribution in [-0.4, -0.2) is 6.71 Å². The minimum absolute atomic E-state index is 0.00313. The van der Waals surface area contributed by atoms with Crippen LogP contribution >= 0.6 is 11.3 Å². The third-order valence-electron chi connectivity index (χ3n) is 15.8. The lowest BCUT2D eigenvalue weighted by molar-refractivity contribution is 0.332. The highest BCUT2D eigenvalue weighted by Gasteiger charge is 2.47. The normalized spacial score (nSPS) is 19.0. The average molecular weight is 817 g/mol. The van der Waals surface area contributed by atoms with Gasteiger partial charge < -0.3 is 9.80 Å². The SMILES string of the molecule is Cc1cc2c3c(c1)N(c1cccc4c1sc1ccccc14)c1ccc(C(C)(C)C)cc1B3c1cc3c(cc1N2c1ccc2c(c1)C(C)(C)CCC2(C)C)C(C)(C)CCC3(C)C. The third kappa shape index (κ3) is 5.66. The van der Waals surface area contributed by atoms with Gasteiger partial charge in [-0.25, -0.2) is 0 Å². The predicted molar refractivity (Wildman–Crippen MR) is 267 cm³/mol. The zero-order chi connectivity index (χ0) is 42.8. The van der Waals surface area contributed by atoms with Gasteiger partial charge in [0.05, 0.1) is 10.4 Å². The number of rotatable bonds is 2. The van der Waals surface area contributed by atoms with E-state index >= 15 is 0 Å². The van der Waals surface area contributed by atoms with E-state index in [0.29, 0.717) is 0 Å². The highest BCUT2D eigenvalue weighted by atomic mass is 32.1. The Morgan fingerprint density at radius 1 is 0.508 bits per heavy atom. The Kier molecular flexibility index (Phi) is 8.11. The minimum Gasteiger partial charge on any atom is -0.311 e. The molecule has 0 unspecified atom stereocenters. The third-order valence-corrected chi connectivity index (χ3v) is 17.0. The molecule has 2 aliphatic heterocycles. The van der Waals surface area contributed by atoms with Crippen molar-refractivity contribution < 1.29 is 0 Å². The van der Waals surface area contributed by atoms with E-state index in [4.69, 9.17) is 0 Å². The molecule has 0 spiro atoms. The first kappa shape index (κ1) is 39.1. The summed E-state index contributed by atoms with van der Waals surface area (Å²) in [7, 11) is 0. The fourth-order valence-corrected chi connectivity index (χ4v) is 13.0. The lowest BCUT2D eigenvalue weighted by Gasteiger charge is -2.48. The summed E-state index contributed by atoms with van der Waals surface area (Å²) in [5.41, 5.74) is 21.2. The molecular weight excluding hydrogens is 756 g/mol. The maximum Gasteiger partial charge on any atom is 0.252 e. The highest BCUT2D eigenvalue weighted by Crippen LogP contribution is 2.53. The molecule has 2 nitrogen and oxygen atoms in total. The maximum absolute atomic E-state index is 2.70. The molecule has 0 amide bonds. The van der Waals surface area contributed by atoms with E-state index in [1.54, 1.807) is 0 Å². The zero-order valence-electron chi connectivity index (χ0n) is 38.5. The van der Waals surface area contributed by atoms with Crippen LogP contribution in [0.5, 0.6) is 0 Å². The molecule has 0 fully saturated rings. The van der Waals surface area contributed by atoms with E-state index < -0.39 is 0 Å². The van der Waals surface area contributed by atoms with Gasteiger partial charge >= 0.3 is 0 Å². The van der Waals surface area contributed by atoms with Crippen LogP contribution < -0.4 is 26.2 Å². The van der Waals surface area contributed by atoms with Crippen molar-refractivity contribution in [2.75, 3.05) is 9.80 Å². The van der Waals surface area contributed by atoms with Gasteiger partial charge in [-0.3, -0.25) is 0 Å². The van der Waals surface area contributed by atoms with Gasteiger partial charge in [-0.15, -0.1) is 11.3 Å². The molecule has 0 atom stereocenters. The van der Waals surface area contributed by atoms with Crippen molar-refractivity contribution in [1.29, 1.82) is 0 Å². The van der Waals surface area contributed by atoms with Crippen molar-refractivity contribution in [3.8, 4) is 0 Å². The average Bonchev–Trinajstić information content (AvgIpc) is 3.59. The molecule has 0 radical (unpaired) electrons. The van der Waals surface area contributed by atoms with Gasteiger partial charge in [0, 0.05) is 43.9 Å². The zero-order valence-corrected chi connectivity index (χ0v) is 39.3. The number of anilines is 6. The van der Waals surface area contributed by atoms with E-state index in [0.717, 1.165) is 0 Å². The van der Waals surface area contributed by atoms with Crippen LogP contribution in [0.15, 0.2) is 103 Å². The fourth-order valence-electron chi connectivity index (χ4n) is 11.8. The summed E-state index contributed by atoms with van der Waals surface area (Å²) >= 11 is 1.93. The Morgan fingerprint density at radius 2 is 1.10 bits per heavy atom. The molecule has 7 aromatic rings. The Balaban J connectivity index is 1.27. The molecule has 4 heteroatoms.